The van der Waals surface area contributed by atoms with E-state index in [1.165, 1.54) is 12.1 Å². The predicted octanol–water partition coefficient (Wildman–Crippen LogP) is 3.52. The van der Waals surface area contributed by atoms with Crippen LogP contribution in [0.5, 0.6) is 0 Å². The summed E-state index contributed by atoms with van der Waals surface area (Å²) in [6.07, 6.45) is 2.88. The van der Waals surface area contributed by atoms with Gasteiger partial charge in [0.25, 0.3) is 15.8 Å². The van der Waals surface area contributed by atoms with E-state index in [4.69, 9.17) is 16.8 Å². The number of non-ortho nitro benzene ring substituents is 1. The van der Waals surface area contributed by atoms with E-state index in [9.17, 15) is 18.5 Å². The number of benzene rings is 1. The van der Waals surface area contributed by atoms with Crippen LogP contribution >= 0.6 is 12.2 Å². The summed E-state index contributed by atoms with van der Waals surface area (Å²) >= 11 is 4.98. The maximum atomic E-state index is 10.8. The van der Waals surface area contributed by atoms with E-state index >= 15 is 0 Å². The second-order valence-electron chi connectivity index (χ2n) is 5.14. The standard InChI is InChI=1S/C14H19NO5S2/c1-2-3-11(6-9-14(21)10-22(18,19)20)12-4-7-13(8-5-12)15(16)17/h4-5,7-8,11H,2-3,6,9-10H2,1H3,(H,18,19,20). The largest absolute Gasteiger partial charge is 0.285 e. The maximum Gasteiger partial charge on any atom is 0.269 e. The first-order chi connectivity index (χ1) is 10.2. The lowest BCUT2D eigenvalue weighted by Crippen LogP contribution is -2.14. The van der Waals surface area contributed by atoms with Crippen LogP contribution in [0.3, 0.4) is 0 Å². The summed E-state index contributed by atoms with van der Waals surface area (Å²) in [5, 5.41) is 10.7. The van der Waals surface area contributed by atoms with E-state index < -0.39 is 20.8 Å². The molecule has 0 amide bonds. The van der Waals surface area contributed by atoms with Crippen LogP contribution in [0.25, 0.3) is 0 Å². The van der Waals surface area contributed by atoms with E-state index in [0.717, 1.165) is 18.4 Å². The minimum absolute atomic E-state index is 0.0425. The monoisotopic (exact) mass is 345 g/mol. The molecule has 0 aliphatic heterocycles. The number of rotatable bonds is 9. The third-order valence-electron chi connectivity index (χ3n) is 3.33. The second-order valence-corrected chi connectivity index (χ2v) is 7.17. The van der Waals surface area contributed by atoms with Gasteiger partial charge in [0, 0.05) is 17.0 Å². The molecule has 0 radical (unpaired) electrons. The van der Waals surface area contributed by atoms with E-state index in [1.54, 1.807) is 12.1 Å². The molecule has 1 aromatic rings. The van der Waals surface area contributed by atoms with Crippen LogP contribution < -0.4 is 0 Å². The molecule has 0 heterocycles. The van der Waals surface area contributed by atoms with Crippen molar-refractivity contribution < 1.29 is 17.9 Å². The van der Waals surface area contributed by atoms with Crippen LogP contribution in [0.1, 0.15) is 44.1 Å². The van der Waals surface area contributed by atoms with Gasteiger partial charge >= 0.3 is 0 Å². The van der Waals surface area contributed by atoms with Crippen molar-refractivity contribution in [1.29, 1.82) is 0 Å². The first kappa shape index (κ1) is 18.7. The summed E-state index contributed by atoms with van der Waals surface area (Å²) in [5.74, 6) is -0.341. The van der Waals surface area contributed by atoms with E-state index in [-0.39, 0.29) is 11.6 Å². The Kier molecular flexibility index (Phi) is 7.05. The molecule has 0 spiro atoms. The molecule has 0 saturated carbocycles. The Morgan fingerprint density at radius 1 is 1.32 bits per heavy atom. The van der Waals surface area contributed by atoms with Crippen molar-refractivity contribution in [2.75, 3.05) is 5.75 Å². The van der Waals surface area contributed by atoms with Crippen LogP contribution in [0.2, 0.25) is 0 Å². The van der Waals surface area contributed by atoms with Gasteiger partial charge < -0.3 is 0 Å². The topological polar surface area (TPSA) is 97.5 Å². The number of hydrogen-bond acceptors (Lipinski definition) is 5. The molecule has 1 atom stereocenters. The zero-order chi connectivity index (χ0) is 16.8. The summed E-state index contributed by atoms with van der Waals surface area (Å²) < 4.78 is 30.4. The highest BCUT2D eigenvalue weighted by molar-refractivity contribution is 7.89. The van der Waals surface area contributed by atoms with E-state index in [2.05, 4.69) is 0 Å². The molecule has 0 aliphatic carbocycles. The first-order valence-corrected chi connectivity index (χ1v) is 8.96. The number of nitro groups is 1. The van der Waals surface area contributed by atoms with Gasteiger partial charge in [0.05, 0.1) is 4.92 Å². The molecule has 0 bridgehead atoms. The van der Waals surface area contributed by atoms with Gasteiger partial charge in [0.1, 0.15) is 5.75 Å². The summed E-state index contributed by atoms with van der Waals surface area (Å²) in [6.45, 7) is 2.04. The number of nitrogens with zero attached hydrogens (tertiary/aromatic N) is 1. The summed E-state index contributed by atoms with van der Waals surface area (Å²) in [7, 11) is -4.08. The van der Waals surface area contributed by atoms with E-state index in [1.807, 2.05) is 6.92 Å². The Bertz CT molecular complexity index is 625. The molecular formula is C14H19NO5S2. The maximum absolute atomic E-state index is 10.8. The molecular weight excluding hydrogens is 326 g/mol. The second kappa shape index (κ2) is 8.30. The van der Waals surface area contributed by atoms with Crippen molar-refractivity contribution in [3.05, 3.63) is 39.9 Å². The molecule has 6 nitrogen and oxygen atoms in total. The van der Waals surface area contributed by atoms with Gasteiger partial charge in [0.15, 0.2) is 0 Å². The average Bonchev–Trinajstić information content (AvgIpc) is 2.41. The minimum Gasteiger partial charge on any atom is -0.285 e. The molecule has 1 unspecified atom stereocenters. The quantitative estimate of drug-likeness (QED) is 0.318. The molecule has 122 valence electrons. The van der Waals surface area contributed by atoms with Crippen molar-refractivity contribution in [2.24, 2.45) is 0 Å². The zero-order valence-electron chi connectivity index (χ0n) is 12.3. The average molecular weight is 345 g/mol. The SMILES string of the molecule is CCCC(CCC(=S)CS(=O)(=O)O)c1ccc([N+](=O)[O-])cc1. The van der Waals surface area contributed by atoms with Crippen molar-refractivity contribution in [1.82, 2.24) is 0 Å². The van der Waals surface area contributed by atoms with Crippen LogP contribution in [-0.4, -0.2) is 28.5 Å². The Balaban J connectivity index is 2.72. The highest BCUT2D eigenvalue weighted by Crippen LogP contribution is 2.28. The minimum atomic E-state index is -4.08. The summed E-state index contributed by atoms with van der Waals surface area (Å²) in [6, 6.07) is 6.39. The van der Waals surface area contributed by atoms with Crippen LogP contribution in [-0.2, 0) is 10.1 Å². The Hall–Kier alpha value is -1.38. The van der Waals surface area contributed by atoms with Crippen molar-refractivity contribution in [3.8, 4) is 0 Å². The molecule has 1 rings (SSSR count). The van der Waals surface area contributed by atoms with Crippen molar-refractivity contribution in [2.45, 2.75) is 38.5 Å². The third kappa shape index (κ3) is 6.59. The smallest absolute Gasteiger partial charge is 0.269 e. The molecule has 22 heavy (non-hydrogen) atoms. The molecule has 0 aliphatic rings. The van der Waals surface area contributed by atoms with Gasteiger partial charge in [-0.1, -0.05) is 37.7 Å². The fourth-order valence-electron chi connectivity index (χ4n) is 2.31. The number of hydrogen-bond donors (Lipinski definition) is 1. The molecule has 0 aromatic heterocycles. The van der Waals surface area contributed by atoms with Gasteiger partial charge in [-0.15, -0.1) is 0 Å². The van der Waals surface area contributed by atoms with E-state index in [0.29, 0.717) is 17.7 Å². The van der Waals surface area contributed by atoms with Crippen LogP contribution in [0, 0.1) is 10.1 Å². The highest BCUT2D eigenvalue weighted by Gasteiger charge is 2.15. The Labute approximate surface area is 135 Å². The Morgan fingerprint density at radius 3 is 2.36 bits per heavy atom. The fraction of sp³-hybridized carbons (Fsp3) is 0.500. The fourth-order valence-corrected chi connectivity index (χ4v) is 3.42. The summed E-state index contributed by atoms with van der Waals surface area (Å²) in [5.41, 5.74) is 1.02. The zero-order valence-corrected chi connectivity index (χ0v) is 13.9. The molecule has 1 N–H and O–H groups in total. The van der Waals surface area contributed by atoms with Crippen LogP contribution in [0.15, 0.2) is 24.3 Å². The van der Waals surface area contributed by atoms with Gasteiger partial charge in [0.2, 0.25) is 0 Å². The lowest BCUT2D eigenvalue weighted by Gasteiger charge is -2.16. The normalized spacial score (nSPS) is 12.8. The van der Waals surface area contributed by atoms with Crippen LogP contribution in [0.4, 0.5) is 5.69 Å². The van der Waals surface area contributed by atoms with Crippen molar-refractivity contribution >= 4 is 32.9 Å². The lowest BCUT2D eigenvalue weighted by molar-refractivity contribution is -0.384. The molecule has 0 saturated heterocycles. The summed E-state index contributed by atoms with van der Waals surface area (Å²) in [4.78, 5) is 10.5. The van der Waals surface area contributed by atoms with Gasteiger partial charge in [-0.25, -0.2) is 0 Å². The Morgan fingerprint density at radius 2 is 1.91 bits per heavy atom. The number of nitro benzene ring substituents is 1. The van der Waals surface area contributed by atoms with Crippen molar-refractivity contribution in [3.63, 3.8) is 0 Å². The highest BCUT2D eigenvalue weighted by atomic mass is 32.2. The number of thiocarbonyl (C=S) groups is 1. The van der Waals surface area contributed by atoms with Gasteiger partial charge in [-0.2, -0.15) is 8.42 Å². The molecule has 1 aromatic carbocycles. The predicted molar refractivity (Wildman–Crippen MR) is 89.0 cm³/mol. The third-order valence-corrected chi connectivity index (χ3v) is 4.57. The molecule has 8 heteroatoms. The lowest BCUT2D eigenvalue weighted by atomic mass is 9.89. The van der Waals surface area contributed by atoms with Gasteiger partial charge in [-0.3, -0.25) is 14.7 Å². The molecule has 0 fully saturated rings. The first-order valence-electron chi connectivity index (χ1n) is 6.94. The van der Waals surface area contributed by atoms with Gasteiger partial charge in [-0.05, 0) is 30.7 Å².